The average molecular weight is 187 g/mol. The molecular formula is C9H17NO3. The highest BCUT2D eigenvalue weighted by Gasteiger charge is 2.41. The number of carboxylic acid groups (broad SMARTS) is 1. The third-order valence-electron chi connectivity index (χ3n) is 2.28. The van der Waals surface area contributed by atoms with Gasteiger partial charge in [-0.05, 0) is 12.5 Å². The first-order valence-electron chi connectivity index (χ1n) is 4.63. The quantitative estimate of drug-likeness (QED) is 0.672. The third-order valence-corrected chi connectivity index (χ3v) is 2.28. The lowest BCUT2D eigenvalue weighted by Crippen LogP contribution is -2.53. The summed E-state index contributed by atoms with van der Waals surface area (Å²) in [6.07, 6.45) is 0.565. The van der Waals surface area contributed by atoms with Crippen molar-refractivity contribution in [3.63, 3.8) is 0 Å². The van der Waals surface area contributed by atoms with E-state index in [0.29, 0.717) is 18.9 Å². The zero-order valence-corrected chi connectivity index (χ0v) is 8.17. The Morgan fingerprint density at radius 3 is 2.77 bits per heavy atom. The average Bonchev–Trinajstić information content (AvgIpc) is 2.50. The summed E-state index contributed by atoms with van der Waals surface area (Å²) >= 11 is 0. The lowest BCUT2D eigenvalue weighted by Gasteiger charge is -2.24. The van der Waals surface area contributed by atoms with Gasteiger partial charge in [0.2, 0.25) is 0 Å². The number of aliphatic carboxylic acids is 1. The zero-order valence-electron chi connectivity index (χ0n) is 8.17. The summed E-state index contributed by atoms with van der Waals surface area (Å²) in [6.45, 7) is 5.65. The predicted octanol–water partition coefficient (Wildman–Crippen LogP) is 0.476. The summed E-state index contributed by atoms with van der Waals surface area (Å²) in [5, 5.41) is 12.1. The molecule has 0 aliphatic carbocycles. The van der Waals surface area contributed by atoms with Gasteiger partial charge in [-0.2, -0.15) is 0 Å². The predicted molar refractivity (Wildman–Crippen MR) is 48.6 cm³/mol. The van der Waals surface area contributed by atoms with Crippen molar-refractivity contribution in [3.8, 4) is 0 Å². The second kappa shape index (κ2) is 4.07. The van der Waals surface area contributed by atoms with Gasteiger partial charge in [0.25, 0.3) is 0 Å². The Labute approximate surface area is 78.3 Å². The second-order valence-electron chi connectivity index (χ2n) is 3.96. The minimum absolute atomic E-state index is 0.287. The molecule has 0 aromatic heterocycles. The summed E-state index contributed by atoms with van der Waals surface area (Å²) < 4.78 is 5.11. The van der Waals surface area contributed by atoms with E-state index in [4.69, 9.17) is 9.84 Å². The van der Waals surface area contributed by atoms with Crippen LogP contribution in [0, 0.1) is 5.92 Å². The Morgan fingerprint density at radius 1 is 1.69 bits per heavy atom. The summed E-state index contributed by atoms with van der Waals surface area (Å²) in [4.78, 5) is 11.0. The van der Waals surface area contributed by atoms with Gasteiger partial charge < -0.3 is 9.84 Å². The van der Waals surface area contributed by atoms with E-state index in [-0.39, 0.29) is 6.61 Å². The topological polar surface area (TPSA) is 58.6 Å². The number of ether oxygens (including phenoxy) is 1. The monoisotopic (exact) mass is 187 g/mol. The molecule has 1 aliphatic heterocycles. The molecule has 1 fully saturated rings. The fourth-order valence-corrected chi connectivity index (χ4v) is 1.35. The Morgan fingerprint density at radius 2 is 2.38 bits per heavy atom. The molecule has 1 atom stereocenters. The molecule has 0 saturated carbocycles. The molecule has 4 nitrogen and oxygen atoms in total. The van der Waals surface area contributed by atoms with Crippen molar-refractivity contribution < 1.29 is 14.6 Å². The van der Waals surface area contributed by atoms with Crippen LogP contribution >= 0.6 is 0 Å². The highest BCUT2D eigenvalue weighted by atomic mass is 16.5. The Balaban J connectivity index is 2.52. The molecule has 0 aromatic carbocycles. The van der Waals surface area contributed by atoms with Gasteiger partial charge in [-0.1, -0.05) is 13.8 Å². The lowest BCUT2D eigenvalue weighted by atomic mass is 9.98. The normalized spacial score (nSPS) is 28.2. The van der Waals surface area contributed by atoms with E-state index >= 15 is 0 Å². The van der Waals surface area contributed by atoms with Gasteiger partial charge in [0.15, 0.2) is 0 Å². The van der Waals surface area contributed by atoms with E-state index in [2.05, 4.69) is 19.2 Å². The number of hydrogen-bond acceptors (Lipinski definition) is 3. The molecule has 0 bridgehead atoms. The van der Waals surface area contributed by atoms with Gasteiger partial charge in [0, 0.05) is 13.0 Å². The van der Waals surface area contributed by atoms with Crippen molar-refractivity contribution in [2.24, 2.45) is 5.92 Å². The lowest BCUT2D eigenvalue weighted by molar-refractivity contribution is -0.144. The van der Waals surface area contributed by atoms with Crippen molar-refractivity contribution in [1.82, 2.24) is 5.32 Å². The molecule has 0 spiro atoms. The van der Waals surface area contributed by atoms with E-state index < -0.39 is 11.5 Å². The molecule has 76 valence electrons. The smallest absolute Gasteiger partial charge is 0.326 e. The maximum absolute atomic E-state index is 11.0. The van der Waals surface area contributed by atoms with Crippen molar-refractivity contribution in [2.45, 2.75) is 25.8 Å². The molecular weight excluding hydrogens is 170 g/mol. The Kier molecular flexibility index (Phi) is 3.27. The maximum Gasteiger partial charge on any atom is 0.326 e. The van der Waals surface area contributed by atoms with Crippen LogP contribution in [0.15, 0.2) is 0 Å². The minimum Gasteiger partial charge on any atom is -0.480 e. The molecule has 4 heteroatoms. The molecule has 2 N–H and O–H groups in total. The van der Waals surface area contributed by atoms with E-state index in [9.17, 15) is 4.79 Å². The second-order valence-corrected chi connectivity index (χ2v) is 3.96. The first kappa shape index (κ1) is 10.5. The van der Waals surface area contributed by atoms with Gasteiger partial charge in [-0.3, -0.25) is 10.1 Å². The zero-order chi connectivity index (χ0) is 9.90. The van der Waals surface area contributed by atoms with Crippen molar-refractivity contribution in [2.75, 3.05) is 19.8 Å². The van der Waals surface area contributed by atoms with E-state index in [0.717, 1.165) is 6.54 Å². The van der Waals surface area contributed by atoms with E-state index in [1.807, 2.05) is 0 Å². The van der Waals surface area contributed by atoms with Crippen LogP contribution in [0.3, 0.4) is 0 Å². The fraction of sp³-hybridized carbons (Fsp3) is 0.889. The van der Waals surface area contributed by atoms with Crippen LogP contribution < -0.4 is 5.32 Å². The number of nitrogens with one attached hydrogen (secondary N) is 1. The highest BCUT2D eigenvalue weighted by Crippen LogP contribution is 2.19. The van der Waals surface area contributed by atoms with Crippen LogP contribution in [-0.2, 0) is 9.53 Å². The summed E-state index contributed by atoms with van der Waals surface area (Å²) in [6, 6.07) is 0. The Bertz CT molecular complexity index is 185. The summed E-state index contributed by atoms with van der Waals surface area (Å²) in [5.41, 5.74) is -0.829. The largest absolute Gasteiger partial charge is 0.480 e. The molecule has 0 aromatic rings. The van der Waals surface area contributed by atoms with Gasteiger partial charge in [-0.15, -0.1) is 0 Å². The number of carbonyl (C=O) groups is 1. The molecule has 1 unspecified atom stereocenters. The van der Waals surface area contributed by atoms with Crippen LogP contribution in [-0.4, -0.2) is 36.4 Å². The highest BCUT2D eigenvalue weighted by molar-refractivity contribution is 5.79. The maximum atomic E-state index is 11.0. The number of carboxylic acids is 1. The van der Waals surface area contributed by atoms with Gasteiger partial charge in [0.05, 0.1) is 6.61 Å². The standard InChI is InChI=1S/C9H17NO3/c1-7(2)5-10-9(8(11)12)3-4-13-6-9/h7,10H,3-6H2,1-2H3,(H,11,12). The molecule has 13 heavy (non-hydrogen) atoms. The van der Waals surface area contributed by atoms with Crippen molar-refractivity contribution in [1.29, 1.82) is 0 Å². The molecule has 1 saturated heterocycles. The molecule has 0 radical (unpaired) electrons. The first-order chi connectivity index (χ1) is 6.07. The molecule has 1 aliphatic rings. The first-order valence-corrected chi connectivity index (χ1v) is 4.63. The summed E-state index contributed by atoms with van der Waals surface area (Å²) in [7, 11) is 0. The number of hydrogen-bond donors (Lipinski definition) is 2. The van der Waals surface area contributed by atoms with Crippen LogP contribution in [0.2, 0.25) is 0 Å². The van der Waals surface area contributed by atoms with Crippen LogP contribution in [0.5, 0.6) is 0 Å². The summed E-state index contributed by atoms with van der Waals surface area (Å²) in [5.74, 6) is -0.345. The molecule has 0 amide bonds. The molecule has 1 rings (SSSR count). The fourth-order valence-electron chi connectivity index (χ4n) is 1.35. The third kappa shape index (κ3) is 2.42. The van der Waals surface area contributed by atoms with E-state index in [1.165, 1.54) is 0 Å². The van der Waals surface area contributed by atoms with Crippen molar-refractivity contribution >= 4 is 5.97 Å². The molecule has 1 heterocycles. The SMILES string of the molecule is CC(C)CNC1(C(=O)O)CCOC1. The van der Waals surface area contributed by atoms with Crippen LogP contribution in [0.25, 0.3) is 0 Å². The van der Waals surface area contributed by atoms with E-state index in [1.54, 1.807) is 0 Å². The van der Waals surface area contributed by atoms with Gasteiger partial charge >= 0.3 is 5.97 Å². The minimum atomic E-state index is -0.829. The Hall–Kier alpha value is -0.610. The van der Waals surface area contributed by atoms with Crippen molar-refractivity contribution in [3.05, 3.63) is 0 Å². The van der Waals surface area contributed by atoms with Gasteiger partial charge in [-0.25, -0.2) is 0 Å². The van der Waals surface area contributed by atoms with Crippen LogP contribution in [0.4, 0.5) is 0 Å². The van der Waals surface area contributed by atoms with Crippen LogP contribution in [0.1, 0.15) is 20.3 Å². The van der Waals surface area contributed by atoms with Gasteiger partial charge in [0.1, 0.15) is 5.54 Å². The number of rotatable bonds is 4.